The number of nitrogens with zero attached hydrogens (tertiary/aromatic N) is 3. The van der Waals surface area contributed by atoms with Gasteiger partial charge in [-0.05, 0) is 35.9 Å². The fourth-order valence-electron chi connectivity index (χ4n) is 3.06. The number of amides is 1. The second-order valence-electron chi connectivity index (χ2n) is 6.66. The summed E-state index contributed by atoms with van der Waals surface area (Å²) in [6.07, 6.45) is 5.00. The number of hydrogen-bond donors (Lipinski definition) is 0. The normalized spacial score (nSPS) is 10.8. The predicted molar refractivity (Wildman–Crippen MR) is 114 cm³/mol. The zero-order valence-electron chi connectivity index (χ0n) is 16.1. The van der Waals surface area contributed by atoms with Crippen LogP contribution in [-0.2, 0) is 17.9 Å². The van der Waals surface area contributed by atoms with E-state index in [1.54, 1.807) is 40.3 Å². The van der Waals surface area contributed by atoms with E-state index in [2.05, 4.69) is 4.98 Å². The molecule has 30 heavy (non-hydrogen) atoms. The van der Waals surface area contributed by atoms with Gasteiger partial charge in [-0.15, -0.1) is 0 Å². The summed E-state index contributed by atoms with van der Waals surface area (Å²) >= 11 is 1.32. The first-order valence-corrected chi connectivity index (χ1v) is 10.4. The smallest absolute Gasteiger partial charge is 0.233 e. The lowest BCUT2D eigenvalue weighted by atomic mass is 10.2. The minimum Gasteiger partial charge on any atom is -0.467 e. The lowest BCUT2D eigenvalue weighted by Crippen LogP contribution is -2.31. The van der Waals surface area contributed by atoms with E-state index in [0.29, 0.717) is 23.9 Å². The van der Waals surface area contributed by atoms with Gasteiger partial charge in [-0.1, -0.05) is 48.2 Å². The molecule has 1 amide bonds. The fourth-order valence-corrected chi connectivity index (χ4v) is 3.94. The van der Waals surface area contributed by atoms with Gasteiger partial charge in [0.15, 0.2) is 5.16 Å². The Morgan fingerprint density at radius 3 is 2.70 bits per heavy atom. The van der Waals surface area contributed by atoms with Crippen LogP contribution in [0.1, 0.15) is 11.3 Å². The van der Waals surface area contributed by atoms with E-state index in [-0.39, 0.29) is 17.5 Å². The van der Waals surface area contributed by atoms with E-state index in [0.717, 1.165) is 11.3 Å². The quantitative estimate of drug-likeness (QED) is 0.379. The number of benzene rings is 2. The average molecular weight is 421 g/mol. The number of furan rings is 1. The van der Waals surface area contributed by atoms with Gasteiger partial charge in [0.2, 0.25) is 5.91 Å². The maximum atomic E-state index is 13.6. The number of imidazole rings is 1. The van der Waals surface area contributed by atoms with Gasteiger partial charge in [-0.2, -0.15) is 0 Å². The Labute approximate surface area is 178 Å². The molecule has 0 aliphatic carbocycles. The highest BCUT2D eigenvalue weighted by Crippen LogP contribution is 2.22. The number of thioether (sulfide) groups is 1. The monoisotopic (exact) mass is 421 g/mol. The molecule has 0 unspecified atom stereocenters. The van der Waals surface area contributed by atoms with Crippen LogP contribution in [0.5, 0.6) is 0 Å². The van der Waals surface area contributed by atoms with Crippen LogP contribution in [0.2, 0.25) is 0 Å². The van der Waals surface area contributed by atoms with Gasteiger partial charge >= 0.3 is 0 Å². The number of halogens is 1. The fraction of sp³-hybridized carbons (Fsp3) is 0.130. The van der Waals surface area contributed by atoms with Gasteiger partial charge in [0.25, 0.3) is 0 Å². The summed E-state index contributed by atoms with van der Waals surface area (Å²) in [5.41, 5.74) is 1.71. The standard InChI is InChI=1S/C23H20FN3O2S/c24-19-8-4-9-20(14-19)27-12-11-25-23(27)30-17-22(28)26(16-21-10-5-13-29-21)15-18-6-2-1-3-7-18/h1-14H,15-17H2. The van der Waals surface area contributed by atoms with Crippen LogP contribution in [0.3, 0.4) is 0 Å². The van der Waals surface area contributed by atoms with Gasteiger partial charge in [-0.25, -0.2) is 9.37 Å². The first-order chi connectivity index (χ1) is 14.7. The van der Waals surface area contributed by atoms with Gasteiger partial charge in [0.1, 0.15) is 11.6 Å². The van der Waals surface area contributed by atoms with Crippen molar-refractivity contribution in [3.8, 4) is 5.69 Å². The summed E-state index contributed by atoms with van der Waals surface area (Å²) in [5, 5.41) is 0.631. The summed E-state index contributed by atoms with van der Waals surface area (Å²) in [5.74, 6) is 0.583. The average Bonchev–Trinajstić information content (AvgIpc) is 3.44. The third kappa shape index (κ3) is 4.99. The third-order valence-corrected chi connectivity index (χ3v) is 5.47. The first-order valence-electron chi connectivity index (χ1n) is 9.45. The van der Waals surface area contributed by atoms with E-state index >= 15 is 0 Å². The molecule has 0 fully saturated rings. The zero-order valence-corrected chi connectivity index (χ0v) is 17.0. The lowest BCUT2D eigenvalue weighted by Gasteiger charge is -2.22. The molecule has 152 valence electrons. The van der Waals surface area contributed by atoms with Crippen molar-refractivity contribution in [1.29, 1.82) is 0 Å². The van der Waals surface area contributed by atoms with E-state index in [9.17, 15) is 9.18 Å². The van der Waals surface area contributed by atoms with Gasteiger partial charge in [-0.3, -0.25) is 9.36 Å². The Morgan fingerprint density at radius 2 is 1.93 bits per heavy atom. The molecule has 4 aromatic rings. The first kappa shape index (κ1) is 20.0. The second kappa shape index (κ2) is 9.45. The Balaban J connectivity index is 1.47. The molecule has 0 N–H and O–H groups in total. The SMILES string of the molecule is O=C(CSc1nccn1-c1cccc(F)c1)N(Cc1ccccc1)Cc1ccco1. The highest BCUT2D eigenvalue weighted by Gasteiger charge is 2.18. The second-order valence-corrected chi connectivity index (χ2v) is 7.61. The molecule has 5 nitrogen and oxygen atoms in total. The van der Waals surface area contributed by atoms with E-state index in [1.165, 1.54) is 23.9 Å². The molecular formula is C23H20FN3O2S. The van der Waals surface area contributed by atoms with Crippen molar-refractivity contribution < 1.29 is 13.6 Å². The summed E-state index contributed by atoms with van der Waals surface area (Å²) < 4.78 is 20.8. The largest absolute Gasteiger partial charge is 0.467 e. The summed E-state index contributed by atoms with van der Waals surface area (Å²) in [6.45, 7) is 0.874. The van der Waals surface area contributed by atoms with Crippen molar-refractivity contribution in [2.24, 2.45) is 0 Å². The van der Waals surface area contributed by atoms with Gasteiger partial charge in [0, 0.05) is 18.9 Å². The number of hydrogen-bond acceptors (Lipinski definition) is 4. The van der Waals surface area contributed by atoms with Crippen molar-refractivity contribution in [3.63, 3.8) is 0 Å². The van der Waals surface area contributed by atoms with E-state index < -0.39 is 0 Å². The molecule has 0 spiro atoms. The molecule has 2 aromatic heterocycles. The number of rotatable bonds is 8. The third-order valence-electron chi connectivity index (χ3n) is 4.51. The molecule has 0 atom stereocenters. The minimum atomic E-state index is -0.319. The maximum absolute atomic E-state index is 13.6. The van der Waals surface area contributed by atoms with Crippen LogP contribution < -0.4 is 0 Å². The molecule has 0 aliphatic rings. The highest BCUT2D eigenvalue weighted by atomic mass is 32.2. The van der Waals surface area contributed by atoms with Crippen molar-refractivity contribution in [3.05, 3.63) is 103 Å². The topological polar surface area (TPSA) is 51.3 Å². The van der Waals surface area contributed by atoms with Crippen molar-refractivity contribution in [2.45, 2.75) is 18.2 Å². The molecule has 0 saturated heterocycles. The molecule has 2 heterocycles. The Hall–Kier alpha value is -3.32. The predicted octanol–water partition coefficient (Wildman–Crippen LogP) is 4.93. The number of carbonyl (C=O) groups is 1. The molecule has 0 radical (unpaired) electrons. The Morgan fingerprint density at radius 1 is 1.07 bits per heavy atom. The summed E-state index contributed by atoms with van der Waals surface area (Å²) in [4.78, 5) is 19.1. The highest BCUT2D eigenvalue weighted by molar-refractivity contribution is 7.99. The van der Waals surface area contributed by atoms with E-state index in [1.807, 2.05) is 42.5 Å². The summed E-state index contributed by atoms with van der Waals surface area (Å²) in [6, 6.07) is 19.8. The van der Waals surface area contributed by atoms with Crippen molar-refractivity contribution in [1.82, 2.24) is 14.5 Å². The van der Waals surface area contributed by atoms with Crippen LogP contribution in [0.15, 0.2) is 95.0 Å². The summed E-state index contributed by atoms with van der Waals surface area (Å²) in [7, 11) is 0. The molecular weight excluding hydrogens is 401 g/mol. The number of aromatic nitrogens is 2. The Bertz CT molecular complexity index is 1100. The van der Waals surface area contributed by atoms with Crippen LogP contribution in [0, 0.1) is 5.82 Å². The molecule has 0 aliphatic heterocycles. The maximum Gasteiger partial charge on any atom is 0.233 e. The number of carbonyl (C=O) groups excluding carboxylic acids is 1. The molecule has 0 bridgehead atoms. The van der Waals surface area contributed by atoms with Gasteiger partial charge in [0.05, 0.1) is 24.2 Å². The minimum absolute atomic E-state index is 0.0333. The van der Waals surface area contributed by atoms with Gasteiger partial charge < -0.3 is 9.32 Å². The molecule has 2 aromatic carbocycles. The molecule has 0 saturated carbocycles. The van der Waals surface area contributed by atoms with Crippen molar-refractivity contribution >= 4 is 17.7 Å². The van der Waals surface area contributed by atoms with Crippen LogP contribution in [0.4, 0.5) is 4.39 Å². The molecule has 7 heteroatoms. The lowest BCUT2D eigenvalue weighted by molar-refractivity contribution is -0.129. The van der Waals surface area contributed by atoms with E-state index in [4.69, 9.17) is 4.42 Å². The van der Waals surface area contributed by atoms with Crippen LogP contribution >= 0.6 is 11.8 Å². The van der Waals surface area contributed by atoms with Crippen molar-refractivity contribution in [2.75, 3.05) is 5.75 Å². The van der Waals surface area contributed by atoms with Crippen LogP contribution in [0.25, 0.3) is 5.69 Å². The zero-order chi connectivity index (χ0) is 20.8. The molecule has 4 rings (SSSR count). The van der Waals surface area contributed by atoms with Crippen LogP contribution in [-0.4, -0.2) is 26.1 Å². The Kier molecular flexibility index (Phi) is 6.29.